The lowest BCUT2D eigenvalue weighted by molar-refractivity contribution is 0.389. The predicted octanol–water partition coefficient (Wildman–Crippen LogP) is 2.34. The first-order valence-electron chi connectivity index (χ1n) is 5.27. The zero-order valence-corrected chi connectivity index (χ0v) is 11.3. The van der Waals surface area contributed by atoms with Crippen LogP contribution in [-0.4, -0.2) is 26.9 Å². The van der Waals surface area contributed by atoms with E-state index in [9.17, 15) is 0 Å². The van der Waals surface area contributed by atoms with Crippen molar-refractivity contribution in [1.29, 1.82) is 0 Å². The Morgan fingerprint density at radius 3 is 3.00 bits per heavy atom. The van der Waals surface area contributed by atoms with Gasteiger partial charge in [-0.2, -0.15) is 4.98 Å². The van der Waals surface area contributed by atoms with Crippen molar-refractivity contribution in [3.05, 3.63) is 11.7 Å². The normalized spacial score (nSPS) is 10.7. The molecule has 2 aromatic rings. The topological polar surface area (TPSA) is 76.7 Å². The summed E-state index contributed by atoms with van der Waals surface area (Å²) in [5.41, 5.74) is 0. The SMILES string of the molecule is CCCNc1nnc(SCc2noc(C)n2)s1. The van der Waals surface area contributed by atoms with Crippen LogP contribution in [0.4, 0.5) is 5.13 Å². The Bertz CT molecular complexity index is 469. The van der Waals surface area contributed by atoms with Gasteiger partial charge in [-0.15, -0.1) is 10.2 Å². The number of nitrogens with one attached hydrogen (secondary N) is 1. The van der Waals surface area contributed by atoms with Crippen LogP contribution in [0.5, 0.6) is 0 Å². The van der Waals surface area contributed by atoms with Crippen molar-refractivity contribution in [3.63, 3.8) is 0 Å². The van der Waals surface area contributed by atoms with Gasteiger partial charge in [0.05, 0.1) is 5.75 Å². The highest BCUT2D eigenvalue weighted by Crippen LogP contribution is 2.27. The quantitative estimate of drug-likeness (QED) is 0.808. The molecule has 0 aromatic carbocycles. The molecule has 2 rings (SSSR count). The lowest BCUT2D eigenvalue weighted by Crippen LogP contribution is -1.98. The van der Waals surface area contributed by atoms with E-state index in [0.29, 0.717) is 17.5 Å². The molecule has 0 unspecified atom stereocenters. The van der Waals surface area contributed by atoms with E-state index < -0.39 is 0 Å². The van der Waals surface area contributed by atoms with E-state index in [-0.39, 0.29) is 0 Å². The number of hydrogen-bond acceptors (Lipinski definition) is 8. The third kappa shape index (κ3) is 3.67. The summed E-state index contributed by atoms with van der Waals surface area (Å²) < 4.78 is 5.80. The molecular formula is C9H13N5OS2. The summed E-state index contributed by atoms with van der Waals surface area (Å²) in [6.45, 7) is 4.81. The Hall–Kier alpha value is -1.15. The fourth-order valence-electron chi connectivity index (χ4n) is 1.10. The third-order valence-corrected chi connectivity index (χ3v) is 3.84. The first-order chi connectivity index (χ1) is 8.28. The minimum atomic E-state index is 0.586. The minimum absolute atomic E-state index is 0.586. The van der Waals surface area contributed by atoms with E-state index in [2.05, 4.69) is 32.6 Å². The molecule has 0 fully saturated rings. The Labute approximate surface area is 107 Å². The molecule has 6 nitrogen and oxygen atoms in total. The van der Waals surface area contributed by atoms with Gasteiger partial charge >= 0.3 is 0 Å². The van der Waals surface area contributed by atoms with Crippen LogP contribution in [0.15, 0.2) is 8.86 Å². The number of aryl methyl sites for hydroxylation is 1. The van der Waals surface area contributed by atoms with Crippen molar-refractivity contribution < 1.29 is 4.52 Å². The van der Waals surface area contributed by atoms with Gasteiger partial charge in [-0.05, 0) is 6.42 Å². The smallest absolute Gasteiger partial charge is 0.223 e. The summed E-state index contributed by atoms with van der Waals surface area (Å²) in [6, 6.07) is 0. The molecule has 0 radical (unpaired) electrons. The molecule has 17 heavy (non-hydrogen) atoms. The molecule has 0 aliphatic rings. The van der Waals surface area contributed by atoms with Crippen LogP contribution in [0.2, 0.25) is 0 Å². The van der Waals surface area contributed by atoms with Gasteiger partial charge in [0, 0.05) is 13.5 Å². The average molecular weight is 271 g/mol. The Morgan fingerprint density at radius 1 is 1.41 bits per heavy atom. The number of nitrogens with zero attached hydrogens (tertiary/aromatic N) is 4. The Morgan fingerprint density at radius 2 is 2.29 bits per heavy atom. The maximum absolute atomic E-state index is 4.89. The lowest BCUT2D eigenvalue weighted by Gasteiger charge is -1.95. The van der Waals surface area contributed by atoms with Gasteiger partial charge in [0.25, 0.3) is 0 Å². The van der Waals surface area contributed by atoms with Crippen LogP contribution in [0.25, 0.3) is 0 Å². The summed E-state index contributed by atoms with van der Waals surface area (Å²) in [7, 11) is 0. The molecule has 2 heterocycles. The molecule has 0 amide bonds. The average Bonchev–Trinajstić information content (AvgIpc) is 2.93. The molecule has 2 aromatic heterocycles. The van der Waals surface area contributed by atoms with Gasteiger partial charge in [0.1, 0.15) is 0 Å². The number of rotatable bonds is 6. The monoisotopic (exact) mass is 271 g/mol. The molecule has 0 atom stereocenters. The molecule has 92 valence electrons. The molecule has 0 aliphatic heterocycles. The van der Waals surface area contributed by atoms with Crippen molar-refractivity contribution in [2.24, 2.45) is 0 Å². The van der Waals surface area contributed by atoms with Crippen LogP contribution in [0, 0.1) is 6.92 Å². The van der Waals surface area contributed by atoms with E-state index in [1.54, 1.807) is 30.0 Å². The zero-order chi connectivity index (χ0) is 12.1. The number of hydrogen-bond donors (Lipinski definition) is 1. The van der Waals surface area contributed by atoms with Crippen LogP contribution >= 0.6 is 23.1 Å². The van der Waals surface area contributed by atoms with Gasteiger partial charge in [-0.25, -0.2) is 0 Å². The highest BCUT2D eigenvalue weighted by molar-refractivity contribution is 8.00. The van der Waals surface area contributed by atoms with Crippen molar-refractivity contribution in [3.8, 4) is 0 Å². The predicted molar refractivity (Wildman–Crippen MR) is 67.3 cm³/mol. The molecule has 0 saturated carbocycles. The van der Waals surface area contributed by atoms with Gasteiger partial charge in [0.2, 0.25) is 11.0 Å². The Balaban J connectivity index is 1.84. The van der Waals surface area contributed by atoms with Crippen molar-refractivity contribution in [1.82, 2.24) is 20.3 Å². The van der Waals surface area contributed by atoms with Crippen molar-refractivity contribution in [2.75, 3.05) is 11.9 Å². The van der Waals surface area contributed by atoms with Crippen molar-refractivity contribution >= 4 is 28.2 Å². The third-order valence-electron chi connectivity index (χ3n) is 1.83. The summed E-state index contributed by atoms with van der Waals surface area (Å²) in [4.78, 5) is 4.12. The fourth-order valence-corrected chi connectivity index (χ4v) is 2.72. The van der Waals surface area contributed by atoms with Gasteiger partial charge in [-0.1, -0.05) is 35.2 Å². The Kier molecular flexibility index (Phi) is 4.32. The lowest BCUT2D eigenvalue weighted by atomic mass is 10.5. The number of anilines is 1. The van der Waals surface area contributed by atoms with Crippen molar-refractivity contribution in [2.45, 2.75) is 30.4 Å². The summed E-state index contributed by atoms with van der Waals surface area (Å²) >= 11 is 3.10. The van der Waals surface area contributed by atoms with E-state index >= 15 is 0 Å². The summed E-state index contributed by atoms with van der Waals surface area (Å²) in [5, 5.41) is 16.0. The van der Waals surface area contributed by atoms with Gasteiger partial charge in [-0.3, -0.25) is 0 Å². The molecule has 8 heteroatoms. The minimum Gasteiger partial charge on any atom is -0.360 e. The second-order valence-corrected chi connectivity index (χ2v) is 5.52. The van der Waals surface area contributed by atoms with Crippen LogP contribution in [0.3, 0.4) is 0 Å². The molecule has 0 spiro atoms. The highest BCUT2D eigenvalue weighted by Gasteiger charge is 2.07. The van der Waals surface area contributed by atoms with Crippen LogP contribution < -0.4 is 5.32 Å². The number of thioether (sulfide) groups is 1. The van der Waals surface area contributed by atoms with Crippen LogP contribution in [-0.2, 0) is 5.75 Å². The molecule has 1 N–H and O–H groups in total. The second kappa shape index (κ2) is 5.97. The maximum atomic E-state index is 4.89. The van der Waals surface area contributed by atoms with Gasteiger partial charge < -0.3 is 9.84 Å². The van der Waals surface area contributed by atoms with E-state index in [1.807, 2.05) is 0 Å². The summed E-state index contributed by atoms with van der Waals surface area (Å²) in [5.74, 6) is 1.92. The molecule has 0 saturated heterocycles. The standard InChI is InChI=1S/C9H13N5OS2/c1-3-4-10-8-12-13-9(17-8)16-5-7-11-6(2)15-14-7/h3-5H2,1-2H3,(H,10,12). The molecule has 0 bridgehead atoms. The van der Waals surface area contributed by atoms with Crippen LogP contribution in [0.1, 0.15) is 25.1 Å². The van der Waals surface area contributed by atoms with E-state index in [4.69, 9.17) is 4.52 Å². The first-order valence-corrected chi connectivity index (χ1v) is 7.07. The molecule has 0 aliphatic carbocycles. The van der Waals surface area contributed by atoms with E-state index in [1.165, 1.54) is 0 Å². The largest absolute Gasteiger partial charge is 0.360 e. The van der Waals surface area contributed by atoms with E-state index in [0.717, 1.165) is 22.4 Å². The summed E-state index contributed by atoms with van der Waals surface area (Å²) in [6.07, 6.45) is 1.07. The zero-order valence-electron chi connectivity index (χ0n) is 9.63. The number of aromatic nitrogens is 4. The maximum Gasteiger partial charge on any atom is 0.223 e. The van der Waals surface area contributed by atoms with Gasteiger partial charge in [0.15, 0.2) is 10.2 Å². The highest BCUT2D eigenvalue weighted by atomic mass is 32.2. The fraction of sp³-hybridized carbons (Fsp3) is 0.556. The second-order valence-electron chi connectivity index (χ2n) is 3.32. The first kappa shape index (κ1) is 12.3. The molecular weight excluding hydrogens is 258 g/mol.